The Morgan fingerprint density at radius 1 is 1.28 bits per heavy atom. The molecule has 1 aromatic carbocycles. The topological polar surface area (TPSA) is 68.0 Å². The van der Waals surface area contributed by atoms with Crippen molar-refractivity contribution in [2.75, 3.05) is 5.32 Å². The van der Waals surface area contributed by atoms with E-state index >= 15 is 0 Å². The third kappa shape index (κ3) is 2.42. The second kappa shape index (κ2) is 4.79. The number of primary amides is 1. The number of hydrogen-bond donors (Lipinski definition) is 2. The molecule has 1 heterocycles. The van der Waals surface area contributed by atoms with Crippen molar-refractivity contribution in [1.29, 1.82) is 0 Å². The highest BCUT2D eigenvalue weighted by molar-refractivity contribution is 5.98. The first-order chi connectivity index (χ1) is 8.58. The summed E-state index contributed by atoms with van der Waals surface area (Å²) in [6.45, 7) is 0. The van der Waals surface area contributed by atoms with Gasteiger partial charge in [0, 0.05) is 12.3 Å². The van der Waals surface area contributed by atoms with Crippen LogP contribution in [0.3, 0.4) is 0 Å². The summed E-state index contributed by atoms with van der Waals surface area (Å²) in [5.74, 6) is -2.03. The predicted octanol–water partition coefficient (Wildman–Crippen LogP) is 2.20. The van der Waals surface area contributed by atoms with E-state index in [1.54, 1.807) is 0 Å². The summed E-state index contributed by atoms with van der Waals surface area (Å²) in [7, 11) is 0. The summed E-state index contributed by atoms with van der Waals surface area (Å²) >= 11 is 0. The first-order valence-electron chi connectivity index (χ1n) is 5.05. The van der Waals surface area contributed by atoms with Gasteiger partial charge in [0.15, 0.2) is 0 Å². The van der Waals surface area contributed by atoms with Crippen molar-refractivity contribution in [3.63, 3.8) is 0 Å². The van der Waals surface area contributed by atoms with Crippen LogP contribution < -0.4 is 11.1 Å². The van der Waals surface area contributed by atoms with Crippen LogP contribution in [-0.4, -0.2) is 10.9 Å². The number of nitrogens with zero attached hydrogens (tertiary/aromatic N) is 1. The van der Waals surface area contributed by atoms with Gasteiger partial charge in [-0.05, 0) is 24.3 Å². The van der Waals surface area contributed by atoms with Gasteiger partial charge in [0.05, 0.1) is 11.3 Å². The largest absolute Gasteiger partial charge is 0.365 e. The number of amides is 1. The van der Waals surface area contributed by atoms with Gasteiger partial charge in [-0.15, -0.1) is 0 Å². The van der Waals surface area contributed by atoms with Gasteiger partial charge in [-0.2, -0.15) is 0 Å². The maximum atomic E-state index is 13.4. The molecule has 2 rings (SSSR count). The lowest BCUT2D eigenvalue weighted by molar-refractivity contribution is 0.100. The minimum Gasteiger partial charge on any atom is -0.365 e. The van der Waals surface area contributed by atoms with Crippen LogP contribution in [-0.2, 0) is 0 Å². The Morgan fingerprint density at radius 2 is 2.06 bits per heavy atom. The summed E-state index contributed by atoms with van der Waals surface area (Å²) < 4.78 is 26.2. The lowest BCUT2D eigenvalue weighted by Gasteiger charge is -2.09. The summed E-state index contributed by atoms with van der Waals surface area (Å²) in [5.41, 5.74) is 5.30. The maximum Gasteiger partial charge on any atom is 0.252 e. The Morgan fingerprint density at radius 3 is 2.72 bits per heavy atom. The van der Waals surface area contributed by atoms with Crippen LogP contribution >= 0.6 is 0 Å². The fraction of sp³-hybridized carbons (Fsp3) is 0. The van der Waals surface area contributed by atoms with Crippen LogP contribution in [0, 0.1) is 11.6 Å². The Hall–Kier alpha value is -2.50. The van der Waals surface area contributed by atoms with E-state index in [-0.39, 0.29) is 17.1 Å². The SMILES string of the molecule is NC(=O)c1cccnc1Nc1ccc(F)cc1F. The zero-order valence-corrected chi connectivity index (χ0v) is 9.15. The molecule has 0 radical (unpaired) electrons. The van der Waals surface area contributed by atoms with Gasteiger partial charge in [0.2, 0.25) is 0 Å². The van der Waals surface area contributed by atoms with Crippen molar-refractivity contribution in [2.24, 2.45) is 5.73 Å². The molecule has 3 N–H and O–H groups in total. The molecule has 0 saturated carbocycles. The number of hydrogen-bond acceptors (Lipinski definition) is 3. The molecule has 0 aliphatic carbocycles. The highest BCUT2D eigenvalue weighted by Crippen LogP contribution is 2.21. The van der Waals surface area contributed by atoms with E-state index in [2.05, 4.69) is 10.3 Å². The van der Waals surface area contributed by atoms with Crippen molar-refractivity contribution in [3.05, 3.63) is 53.7 Å². The van der Waals surface area contributed by atoms with Crippen LogP contribution in [0.4, 0.5) is 20.3 Å². The number of pyridine rings is 1. The maximum absolute atomic E-state index is 13.4. The van der Waals surface area contributed by atoms with E-state index in [1.165, 1.54) is 24.4 Å². The van der Waals surface area contributed by atoms with Gasteiger partial charge in [-0.3, -0.25) is 4.79 Å². The van der Waals surface area contributed by atoms with Gasteiger partial charge in [0.25, 0.3) is 5.91 Å². The van der Waals surface area contributed by atoms with Crippen molar-refractivity contribution < 1.29 is 13.6 Å². The molecule has 2 aromatic rings. The molecule has 6 heteroatoms. The standard InChI is InChI=1S/C12H9F2N3O/c13-7-3-4-10(9(14)6-7)17-12-8(11(15)18)2-1-5-16-12/h1-6H,(H2,15,18)(H,16,17). The molecule has 18 heavy (non-hydrogen) atoms. The van der Waals surface area contributed by atoms with E-state index < -0.39 is 17.5 Å². The van der Waals surface area contributed by atoms with E-state index in [9.17, 15) is 13.6 Å². The third-order valence-electron chi connectivity index (χ3n) is 2.26. The Kier molecular flexibility index (Phi) is 3.18. The van der Waals surface area contributed by atoms with Gasteiger partial charge in [-0.25, -0.2) is 13.8 Å². The second-order valence-corrected chi connectivity index (χ2v) is 3.51. The second-order valence-electron chi connectivity index (χ2n) is 3.51. The Balaban J connectivity index is 2.37. The zero-order chi connectivity index (χ0) is 13.1. The van der Waals surface area contributed by atoms with E-state index in [1.807, 2.05) is 0 Å². The molecule has 0 fully saturated rings. The van der Waals surface area contributed by atoms with E-state index in [4.69, 9.17) is 5.73 Å². The zero-order valence-electron chi connectivity index (χ0n) is 9.15. The molecule has 0 aliphatic heterocycles. The molecule has 0 unspecified atom stereocenters. The number of nitrogens with one attached hydrogen (secondary N) is 1. The van der Waals surface area contributed by atoms with Crippen molar-refractivity contribution in [3.8, 4) is 0 Å². The number of nitrogens with two attached hydrogens (primary N) is 1. The summed E-state index contributed by atoms with van der Waals surface area (Å²) in [6, 6.07) is 6.03. The Labute approximate surface area is 101 Å². The van der Waals surface area contributed by atoms with Crippen LogP contribution in [0.25, 0.3) is 0 Å². The fourth-order valence-corrected chi connectivity index (χ4v) is 1.42. The molecule has 0 saturated heterocycles. The van der Waals surface area contributed by atoms with Crippen molar-refractivity contribution >= 4 is 17.4 Å². The number of halogens is 2. The number of aromatic nitrogens is 1. The number of anilines is 2. The molecule has 0 bridgehead atoms. The number of carbonyl (C=O) groups is 1. The normalized spacial score (nSPS) is 10.1. The molecular weight excluding hydrogens is 240 g/mol. The fourth-order valence-electron chi connectivity index (χ4n) is 1.42. The number of rotatable bonds is 3. The van der Waals surface area contributed by atoms with Crippen LogP contribution in [0.2, 0.25) is 0 Å². The molecule has 4 nitrogen and oxygen atoms in total. The molecule has 92 valence electrons. The van der Waals surface area contributed by atoms with E-state index in [0.29, 0.717) is 0 Å². The molecule has 0 aliphatic rings. The highest BCUT2D eigenvalue weighted by Gasteiger charge is 2.11. The number of carbonyl (C=O) groups excluding carboxylic acids is 1. The molecule has 1 aromatic heterocycles. The molecule has 0 atom stereocenters. The van der Waals surface area contributed by atoms with Gasteiger partial charge in [-0.1, -0.05) is 0 Å². The average molecular weight is 249 g/mol. The minimum absolute atomic E-state index is 0.0117. The third-order valence-corrected chi connectivity index (χ3v) is 2.26. The lowest BCUT2D eigenvalue weighted by Crippen LogP contribution is -2.14. The smallest absolute Gasteiger partial charge is 0.252 e. The highest BCUT2D eigenvalue weighted by atomic mass is 19.1. The van der Waals surface area contributed by atoms with Crippen molar-refractivity contribution in [1.82, 2.24) is 4.98 Å². The first kappa shape index (κ1) is 12.0. The molecule has 1 amide bonds. The predicted molar refractivity (Wildman–Crippen MR) is 62.4 cm³/mol. The van der Waals surface area contributed by atoms with Gasteiger partial charge < -0.3 is 11.1 Å². The van der Waals surface area contributed by atoms with Gasteiger partial charge >= 0.3 is 0 Å². The van der Waals surface area contributed by atoms with Crippen LogP contribution in [0.15, 0.2) is 36.5 Å². The van der Waals surface area contributed by atoms with Crippen LogP contribution in [0.1, 0.15) is 10.4 Å². The summed E-state index contributed by atoms with van der Waals surface area (Å²) in [5, 5.41) is 2.60. The van der Waals surface area contributed by atoms with E-state index in [0.717, 1.165) is 12.1 Å². The molecular formula is C12H9F2N3O. The monoisotopic (exact) mass is 249 g/mol. The Bertz CT molecular complexity index is 602. The quantitative estimate of drug-likeness (QED) is 0.876. The minimum atomic E-state index is -0.781. The van der Waals surface area contributed by atoms with Crippen molar-refractivity contribution in [2.45, 2.75) is 0 Å². The summed E-state index contributed by atoms with van der Waals surface area (Å²) in [4.78, 5) is 15.0. The summed E-state index contributed by atoms with van der Waals surface area (Å²) in [6.07, 6.45) is 1.43. The number of benzene rings is 1. The first-order valence-corrected chi connectivity index (χ1v) is 5.05. The van der Waals surface area contributed by atoms with Crippen LogP contribution in [0.5, 0.6) is 0 Å². The van der Waals surface area contributed by atoms with Gasteiger partial charge in [0.1, 0.15) is 17.5 Å². The average Bonchev–Trinajstić information content (AvgIpc) is 2.33. The molecule has 0 spiro atoms. The lowest BCUT2D eigenvalue weighted by atomic mass is 10.2.